The average molecular weight is 412 g/mol. The Hall–Kier alpha value is -3.12. The monoisotopic (exact) mass is 411 g/mol. The van der Waals surface area contributed by atoms with Gasteiger partial charge in [-0.1, -0.05) is 48.0 Å². The molecule has 0 unspecified atom stereocenters. The van der Waals surface area contributed by atoms with Crippen LogP contribution in [0, 0.1) is 20.8 Å². The van der Waals surface area contributed by atoms with Gasteiger partial charge in [-0.25, -0.2) is 9.48 Å². The molecule has 0 aliphatic heterocycles. The van der Waals surface area contributed by atoms with Crippen LogP contribution in [0.1, 0.15) is 32.7 Å². The summed E-state index contributed by atoms with van der Waals surface area (Å²) in [6, 6.07) is 15.2. The Balaban J connectivity index is 1.63. The van der Waals surface area contributed by atoms with E-state index in [2.05, 4.69) is 10.4 Å². The molecule has 6 nitrogen and oxygen atoms in total. The van der Waals surface area contributed by atoms with E-state index in [-0.39, 0.29) is 10.7 Å². The van der Waals surface area contributed by atoms with Gasteiger partial charge < -0.3 is 10.1 Å². The third-order valence-corrected chi connectivity index (χ3v) is 4.95. The van der Waals surface area contributed by atoms with Gasteiger partial charge in [0, 0.05) is 5.69 Å². The summed E-state index contributed by atoms with van der Waals surface area (Å²) in [6.07, 6.45) is 0. The Bertz CT molecular complexity index is 1040. The first-order valence-corrected chi connectivity index (χ1v) is 9.54. The van der Waals surface area contributed by atoms with Gasteiger partial charge in [0.05, 0.1) is 12.2 Å². The average Bonchev–Trinajstić information content (AvgIpc) is 2.97. The van der Waals surface area contributed by atoms with Crippen molar-refractivity contribution in [1.82, 2.24) is 9.78 Å². The van der Waals surface area contributed by atoms with Crippen LogP contribution in [0.2, 0.25) is 5.15 Å². The lowest BCUT2D eigenvalue weighted by atomic mass is 10.1. The molecule has 7 heteroatoms. The fraction of sp³-hybridized carbons (Fsp3) is 0.227. The van der Waals surface area contributed by atoms with E-state index in [9.17, 15) is 9.59 Å². The zero-order valence-electron chi connectivity index (χ0n) is 16.5. The second kappa shape index (κ2) is 8.92. The van der Waals surface area contributed by atoms with Crippen LogP contribution in [-0.4, -0.2) is 28.3 Å². The number of benzene rings is 2. The summed E-state index contributed by atoms with van der Waals surface area (Å²) in [5.74, 6) is -1.10. The van der Waals surface area contributed by atoms with E-state index in [1.807, 2.05) is 56.3 Å². The number of hydrogen-bond donors (Lipinski definition) is 1. The molecule has 150 valence electrons. The number of amides is 1. The number of aryl methyl sites for hydroxylation is 3. The van der Waals surface area contributed by atoms with Crippen LogP contribution < -0.4 is 5.32 Å². The van der Waals surface area contributed by atoms with E-state index in [1.54, 1.807) is 13.0 Å². The first-order chi connectivity index (χ1) is 13.8. The second-order valence-corrected chi connectivity index (χ2v) is 7.18. The van der Waals surface area contributed by atoms with Gasteiger partial charge in [-0.05, 0) is 49.6 Å². The van der Waals surface area contributed by atoms with E-state index in [0.29, 0.717) is 17.9 Å². The summed E-state index contributed by atoms with van der Waals surface area (Å²) >= 11 is 6.35. The molecule has 0 bridgehead atoms. The van der Waals surface area contributed by atoms with Gasteiger partial charge in [0.15, 0.2) is 6.61 Å². The lowest BCUT2D eigenvalue weighted by Crippen LogP contribution is -2.21. The number of carbonyl (C=O) groups excluding carboxylic acids is 2. The largest absolute Gasteiger partial charge is 0.452 e. The van der Waals surface area contributed by atoms with Crippen LogP contribution in [0.25, 0.3) is 0 Å². The van der Waals surface area contributed by atoms with E-state index < -0.39 is 18.5 Å². The Labute approximate surface area is 174 Å². The maximum absolute atomic E-state index is 12.5. The summed E-state index contributed by atoms with van der Waals surface area (Å²) in [5.41, 5.74) is 4.47. The van der Waals surface area contributed by atoms with Crippen molar-refractivity contribution in [3.63, 3.8) is 0 Å². The molecule has 0 spiro atoms. The first-order valence-electron chi connectivity index (χ1n) is 9.16. The molecule has 3 rings (SSSR count). The number of rotatable bonds is 6. The molecule has 3 aromatic rings. The molecule has 0 saturated heterocycles. The van der Waals surface area contributed by atoms with Gasteiger partial charge in [-0.15, -0.1) is 0 Å². The number of ether oxygens (including phenoxy) is 1. The number of hydrogen-bond acceptors (Lipinski definition) is 4. The highest BCUT2D eigenvalue weighted by Gasteiger charge is 2.22. The van der Waals surface area contributed by atoms with Crippen molar-refractivity contribution in [1.29, 1.82) is 0 Å². The number of anilines is 1. The van der Waals surface area contributed by atoms with E-state index in [0.717, 1.165) is 16.7 Å². The minimum Gasteiger partial charge on any atom is -0.452 e. The molecule has 0 aliphatic carbocycles. The number of halogens is 1. The summed E-state index contributed by atoms with van der Waals surface area (Å²) in [6.45, 7) is 5.65. The molecule has 1 amide bonds. The summed E-state index contributed by atoms with van der Waals surface area (Å²) in [5, 5.41) is 7.22. The van der Waals surface area contributed by atoms with Crippen LogP contribution in [0.15, 0.2) is 48.5 Å². The number of carbonyl (C=O) groups is 2. The fourth-order valence-corrected chi connectivity index (χ4v) is 3.18. The van der Waals surface area contributed by atoms with Crippen LogP contribution in [-0.2, 0) is 16.1 Å². The lowest BCUT2D eigenvalue weighted by molar-refractivity contribution is -0.119. The molecule has 1 N–H and O–H groups in total. The zero-order valence-corrected chi connectivity index (χ0v) is 17.3. The van der Waals surface area contributed by atoms with Crippen molar-refractivity contribution in [2.75, 3.05) is 11.9 Å². The highest BCUT2D eigenvalue weighted by Crippen LogP contribution is 2.22. The maximum Gasteiger partial charge on any atom is 0.343 e. The number of nitrogens with one attached hydrogen (secondary N) is 1. The van der Waals surface area contributed by atoms with E-state index in [4.69, 9.17) is 16.3 Å². The van der Waals surface area contributed by atoms with Gasteiger partial charge >= 0.3 is 5.97 Å². The van der Waals surface area contributed by atoms with E-state index in [1.165, 1.54) is 4.68 Å². The molecule has 2 aromatic carbocycles. The Morgan fingerprint density at radius 2 is 1.79 bits per heavy atom. The SMILES string of the molecule is Cc1ccc(NC(=O)COC(=O)c2c(C)nn(Cc3ccccc3)c2Cl)cc1C. The van der Waals surface area contributed by atoms with Gasteiger partial charge in [-0.2, -0.15) is 5.10 Å². The Morgan fingerprint density at radius 1 is 1.07 bits per heavy atom. The second-order valence-electron chi connectivity index (χ2n) is 6.82. The van der Waals surface area contributed by atoms with Crippen molar-refractivity contribution in [3.05, 3.63) is 81.6 Å². The highest BCUT2D eigenvalue weighted by molar-refractivity contribution is 6.32. The maximum atomic E-state index is 12.5. The predicted molar refractivity (Wildman–Crippen MR) is 112 cm³/mol. The molecule has 0 aliphatic rings. The highest BCUT2D eigenvalue weighted by atomic mass is 35.5. The summed E-state index contributed by atoms with van der Waals surface area (Å²) < 4.78 is 6.69. The van der Waals surface area contributed by atoms with Gasteiger partial charge in [0.1, 0.15) is 10.7 Å². The Kier molecular flexibility index (Phi) is 6.34. The van der Waals surface area contributed by atoms with Gasteiger partial charge in [-0.3, -0.25) is 4.79 Å². The predicted octanol–water partition coefficient (Wildman–Crippen LogP) is 4.31. The smallest absolute Gasteiger partial charge is 0.343 e. The molecule has 1 heterocycles. The zero-order chi connectivity index (χ0) is 21.0. The normalized spacial score (nSPS) is 10.6. The van der Waals surface area contributed by atoms with Crippen LogP contribution in [0.4, 0.5) is 5.69 Å². The molecular formula is C22H22ClN3O3. The van der Waals surface area contributed by atoms with E-state index >= 15 is 0 Å². The summed E-state index contributed by atoms with van der Waals surface area (Å²) in [7, 11) is 0. The minimum absolute atomic E-state index is 0.168. The molecule has 0 atom stereocenters. The van der Waals surface area contributed by atoms with Crippen molar-refractivity contribution >= 4 is 29.2 Å². The molecule has 0 saturated carbocycles. The Morgan fingerprint density at radius 3 is 2.48 bits per heavy atom. The number of nitrogens with zero attached hydrogens (tertiary/aromatic N) is 2. The topological polar surface area (TPSA) is 73.2 Å². The van der Waals surface area contributed by atoms with Crippen LogP contribution in [0.3, 0.4) is 0 Å². The minimum atomic E-state index is -0.679. The van der Waals surface area contributed by atoms with Crippen molar-refractivity contribution in [2.45, 2.75) is 27.3 Å². The molecule has 1 aromatic heterocycles. The third kappa shape index (κ3) is 5.03. The van der Waals surface area contributed by atoms with Gasteiger partial charge in [0.2, 0.25) is 0 Å². The number of aromatic nitrogens is 2. The summed E-state index contributed by atoms with van der Waals surface area (Å²) in [4.78, 5) is 24.6. The van der Waals surface area contributed by atoms with Crippen molar-refractivity contribution in [3.8, 4) is 0 Å². The van der Waals surface area contributed by atoms with Crippen LogP contribution >= 0.6 is 11.6 Å². The molecule has 0 fully saturated rings. The standard InChI is InChI=1S/C22H22ClN3O3/c1-14-9-10-18(11-15(14)2)24-19(27)13-29-22(28)20-16(3)25-26(21(20)23)12-17-7-5-4-6-8-17/h4-11H,12-13H2,1-3H3,(H,24,27). The first kappa shape index (κ1) is 20.6. The molecular weight excluding hydrogens is 390 g/mol. The van der Waals surface area contributed by atoms with Crippen molar-refractivity contribution in [2.24, 2.45) is 0 Å². The molecule has 0 radical (unpaired) electrons. The van der Waals surface area contributed by atoms with Gasteiger partial charge in [0.25, 0.3) is 5.91 Å². The number of esters is 1. The van der Waals surface area contributed by atoms with Crippen molar-refractivity contribution < 1.29 is 14.3 Å². The lowest BCUT2D eigenvalue weighted by Gasteiger charge is -2.08. The van der Waals surface area contributed by atoms with Crippen LogP contribution in [0.5, 0.6) is 0 Å². The fourth-order valence-electron chi connectivity index (χ4n) is 2.87. The third-order valence-electron chi connectivity index (χ3n) is 4.57. The quantitative estimate of drug-likeness (QED) is 0.613. The molecule has 29 heavy (non-hydrogen) atoms.